The van der Waals surface area contributed by atoms with E-state index in [0.29, 0.717) is 18.7 Å². The van der Waals surface area contributed by atoms with E-state index >= 15 is 0 Å². The van der Waals surface area contributed by atoms with Crippen LogP contribution < -0.4 is 4.90 Å². The molecule has 1 heterocycles. The van der Waals surface area contributed by atoms with Gasteiger partial charge in [-0.05, 0) is 65.7 Å². The van der Waals surface area contributed by atoms with Crippen molar-refractivity contribution in [2.45, 2.75) is 16.3 Å². The Balaban J connectivity index is 0.00000210. The summed E-state index contributed by atoms with van der Waals surface area (Å²) in [4.78, 5) is 20.7. The number of aliphatic imine (C=N–C) groups is 1. The molecule has 1 N–H and O–H groups in total. The number of carboxylic acid groups (broad SMARTS) is 1. The Kier molecular flexibility index (Phi) is 11.1. The van der Waals surface area contributed by atoms with Gasteiger partial charge in [0.05, 0.1) is 17.8 Å². The van der Waals surface area contributed by atoms with E-state index in [1.165, 1.54) is 0 Å². The standard InChI is InChI=1S/C31H25ClN2O2S.2ClH/c32-25-14-16-26(17-15-25)37-30-8-4-1-5-23(30)13-18-28-27-6-2-3-7-29(27)34(20-19-33-28)21-22-9-11-24(12-10-22)31(35)36;;/h1-18H,19-21H2,(H,35,36);2*1H/b18-13+;;. The number of carbonyl (C=O) groups is 1. The van der Waals surface area contributed by atoms with Gasteiger partial charge in [0.15, 0.2) is 0 Å². The number of nitrogens with zero attached hydrogens (tertiary/aromatic N) is 2. The molecule has 1 aliphatic rings. The first-order valence-corrected chi connectivity index (χ1v) is 13.2. The highest BCUT2D eigenvalue weighted by atomic mass is 35.5. The molecule has 0 atom stereocenters. The first-order valence-electron chi connectivity index (χ1n) is 12.0. The molecule has 0 spiro atoms. The molecule has 8 heteroatoms. The van der Waals surface area contributed by atoms with Crippen LogP contribution in [0.25, 0.3) is 6.08 Å². The molecule has 0 fully saturated rings. The number of rotatable bonds is 7. The monoisotopic (exact) mass is 596 g/mol. The second-order valence-corrected chi connectivity index (χ2v) is 10.2. The van der Waals surface area contributed by atoms with Gasteiger partial charge < -0.3 is 10.0 Å². The van der Waals surface area contributed by atoms with Gasteiger partial charge in [-0.3, -0.25) is 4.99 Å². The maximum absolute atomic E-state index is 11.2. The lowest BCUT2D eigenvalue weighted by Gasteiger charge is -2.25. The average molecular weight is 598 g/mol. The molecular formula is C31H27Cl3N2O2S. The van der Waals surface area contributed by atoms with Gasteiger partial charge in [-0.25, -0.2) is 4.79 Å². The molecule has 4 aromatic carbocycles. The van der Waals surface area contributed by atoms with Crippen LogP contribution in [0.15, 0.2) is 118 Å². The van der Waals surface area contributed by atoms with E-state index in [0.717, 1.165) is 49.4 Å². The molecule has 0 amide bonds. The predicted molar refractivity (Wildman–Crippen MR) is 168 cm³/mol. The van der Waals surface area contributed by atoms with Gasteiger partial charge in [-0.1, -0.05) is 78.0 Å². The fourth-order valence-corrected chi connectivity index (χ4v) is 5.30. The van der Waals surface area contributed by atoms with Crippen LogP contribution in [0, 0.1) is 0 Å². The fourth-order valence-electron chi connectivity index (χ4n) is 4.25. The number of halogens is 3. The van der Waals surface area contributed by atoms with Gasteiger partial charge in [0.25, 0.3) is 0 Å². The normalized spacial score (nSPS) is 12.5. The first kappa shape index (κ1) is 30.3. The molecule has 39 heavy (non-hydrogen) atoms. The molecule has 0 unspecified atom stereocenters. The number of hydrogen-bond acceptors (Lipinski definition) is 4. The van der Waals surface area contributed by atoms with E-state index < -0.39 is 5.97 Å². The van der Waals surface area contributed by atoms with Crippen molar-refractivity contribution in [1.82, 2.24) is 0 Å². The lowest BCUT2D eigenvalue weighted by atomic mass is 10.0. The van der Waals surface area contributed by atoms with E-state index in [1.807, 2.05) is 54.6 Å². The van der Waals surface area contributed by atoms with Gasteiger partial charge in [-0.15, -0.1) is 24.8 Å². The molecule has 0 saturated carbocycles. The molecule has 5 rings (SSSR count). The molecule has 4 nitrogen and oxygen atoms in total. The van der Waals surface area contributed by atoms with Crippen molar-refractivity contribution in [3.8, 4) is 0 Å². The summed E-state index contributed by atoms with van der Waals surface area (Å²) in [6.45, 7) is 2.13. The van der Waals surface area contributed by atoms with Crippen molar-refractivity contribution < 1.29 is 9.90 Å². The largest absolute Gasteiger partial charge is 0.478 e. The van der Waals surface area contributed by atoms with Crippen molar-refractivity contribution in [2.75, 3.05) is 18.0 Å². The molecule has 0 radical (unpaired) electrons. The minimum Gasteiger partial charge on any atom is -0.478 e. The van der Waals surface area contributed by atoms with Crippen LogP contribution in [0.5, 0.6) is 0 Å². The second-order valence-electron chi connectivity index (χ2n) is 8.63. The van der Waals surface area contributed by atoms with Crippen LogP contribution >= 0.6 is 48.2 Å². The van der Waals surface area contributed by atoms with E-state index in [9.17, 15) is 9.90 Å². The highest BCUT2D eigenvalue weighted by Gasteiger charge is 2.17. The zero-order valence-corrected chi connectivity index (χ0v) is 24.1. The van der Waals surface area contributed by atoms with Crippen LogP contribution in [0.4, 0.5) is 5.69 Å². The third-order valence-corrected chi connectivity index (χ3v) is 7.48. The Hall–Kier alpha value is -3.22. The zero-order valence-electron chi connectivity index (χ0n) is 20.9. The third kappa shape index (κ3) is 7.68. The van der Waals surface area contributed by atoms with Crippen LogP contribution in [0.2, 0.25) is 5.02 Å². The summed E-state index contributed by atoms with van der Waals surface area (Å²) < 4.78 is 0. The molecule has 0 saturated heterocycles. The van der Waals surface area contributed by atoms with Crippen LogP contribution in [-0.4, -0.2) is 29.9 Å². The number of benzodiazepines with no additional fused rings is 1. The average Bonchev–Trinajstić information content (AvgIpc) is 3.09. The number of carboxylic acids is 1. The summed E-state index contributed by atoms with van der Waals surface area (Å²) in [7, 11) is 0. The van der Waals surface area contributed by atoms with Gasteiger partial charge in [-0.2, -0.15) is 0 Å². The van der Waals surface area contributed by atoms with Crippen molar-refractivity contribution >= 4 is 71.6 Å². The summed E-state index contributed by atoms with van der Waals surface area (Å²) in [6.07, 6.45) is 4.24. The third-order valence-electron chi connectivity index (χ3n) is 6.13. The van der Waals surface area contributed by atoms with E-state index in [2.05, 4.69) is 47.4 Å². The van der Waals surface area contributed by atoms with Gasteiger partial charge in [0.2, 0.25) is 0 Å². The Labute approximate surface area is 250 Å². The number of allylic oxidation sites excluding steroid dienone is 1. The van der Waals surface area contributed by atoms with Crippen molar-refractivity contribution in [2.24, 2.45) is 4.99 Å². The lowest BCUT2D eigenvalue weighted by Crippen LogP contribution is -2.25. The van der Waals surface area contributed by atoms with Gasteiger partial charge in [0.1, 0.15) is 0 Å². The summed E-state index contributed by atoms with van der Waals surface area (Å²) in [6, 6.07) is 31.6. The van der Waals surface area contributed by atoms with Crippen LogP contribution in [0.1, 0.15) is 27.0 Å². The summed E-state index contributed by atoms with van der Waals surface area (Å²) >= 11 is 7.76. The number of benzene rings is 4. The van der Waals surface area contributed by atoms with Crippen LogP contribution in [-0.2, 0) is 6.54 Å². The minimum absolute atomic E-state index is 0. The molecular weight excluding hydrogens is 571 g/mol. The Morgan fingerprint density at radius 3 is 2.33 bits per heavy atom. The Bertz CT molecular complexity index is 1470. The highest BCUT2D eigenvalue weighted by Crippen LogP contribution is 2.32. The molecule has 0 bridgehead atoms. The number of anilines is 1. The highest BCUT2D eigenvalue weighted by molar-refractivity contribution is 7.99. The SMILES string of the molecule is Cl.Cl.O=C(O)c1ccc(CN2CCN=C(/C=C/c3ccccc3Sc3ccc(Cl)cc3)c3ccccc32)cc1. The predicted octanol–water partition coefficient (Wildman–Crippen LogP) is 8.56. The Morgan fingerprint density at radius 1 is 0.897 bits per heavy atom. The summed E-state index contributed by atoms with van der Waals surface area (Å²) in [5.74, 6) is -0.912. The van der Waals surface area contributed by atoms with Crippen molar-refractivity contribution in [1.29, 1.82) is 0 Å². The Morgan fingerprint density at radius 2 is 1.59 bits per heavy atom. The van der Waals surface area contributed by atoms with Crippen LogP contribution in [0.3, 0.4) is 0 Å². The topological polar surface area (TPSA) is 52.9 Å². The quantitative estimate of drug-likeness (QED) is 0.232. The molecule has 200 valence electrons. The van der Waals surface area contributed by atoms with Gasteiger partial charge in [0, 0.05) is 39.2 Å². The summed E-state index contributed by atoms with van der Waals surface area (Å²) in [5.41, 5.74) is 5.64. The maximum atomic E-state index is 11.2. The number of aromatic carboxylic acids is 1. The minimum atomic E-state index is -0.912. The van der Waals surface area contributed by atoms with Crippen molar-refractivity contribution in [3.05, 3.63) is 130 Å². The first-order chi connectivity index (χ1) is 18.1. The maximum Gasteiger partial charge on any atom is 0.335 e. The zero-order chi connectivity index (χ0) is 25.6. The van der Waals surface area contributed by atoms with Gasteiger partial charge >= 0.3 is 5.97 Å². The van der Waals surface area contributed by atoms with E-state index in [-0.39, 0.29) is 24.8 Å². The van der Waals surface area contributed by atoms with Crippen molar-refractivity contribution in [3.63, 3.8) is 0 Å². The van der Waals surface area contributed by atoms with E-state index in [4.69, 9.17) is 16.6 Å². The number of para-hydroxylation sites is 1. The molecule has 1 aliphatic heterocycles. The number of hydrogen-bond donors (Lipinski definition) is 1. The number of fused-ring (bicyclic) bond motifs is 1. The second kappa shape index (κ2) is 14.2. The lowest BCUT2D eigenvalue weighted by molar-refractivity contribution is 0.0697. The smallest absolute Gasteiger partial charge is 0.335 e. The summed E-state index contributed by atoms with van der Waals surface area (Å²) in [5, 5.41) is 9.92. The van der Waals surface area contributed by atoms with E-state index in [1.54, 1.807) is 23.9 Å². The molecule has 0 aliphatic carbocycles. The molecule has 0 aromatic heterocycles. The molecule has 4 aromatic rings. The fraction of sp³-hybridized carbons (Fsp3) is 0.0968.